The Hall–Kier alpha value is -2.42. The van der Waals surface area contributed by atoms with E-state index < -0.39 is 23.4 Å². The van der Waals surface area contributed by atoms with Gasteiger partial charge in [0.25, 0.3) is 11.8 Å². The van der Waals surface area contributed by atoms with Gasteiger partial charge in [0.1, 0.15) is 12.1 Å². The molecule has 0 aliphatic carbocycles. The highest BCUT2D eigenvalue weighted by atomic mass is 35.5. The summed E-state index contributed by atoms with van der Waals surface area (Å²) in [6.45, 7) is 2.55. The fraction of sp³-hybridized carbons (Fsp3) is 0.316. The maximum absolute atomic E-state index is 13.0. The van der Waals surface area contributed by atoms with Crippen LogP contribution in [0.1, 0.15) is 23.8 Å². The highest BCUT2D eigenvalue weighted by Gasteiger charge is 2.52. The van der Waals surface area contributed by atoms with Gasteiger partial charge in [0.05, 0.1) is 16.3 Å². The molecule has 2 heterocycles. The van der Waals surface area contributed by atoms with Crippen LogP contribution in [-0.4, -0.2) is 36.4 Å². The van der Waals surface area contributed by atoms with Crippen LogP contribution in [0.3, 0.4) is 0 Å². The van der Waals surface area contributed by atoms with Crippen LogP contribution in [0.5, 0.6) is 0 Å². The van der Waals surface area contributed by atoms with E-state index in [9.17, 15) is 14.4 Å². The van der Waals surface area contributed by atoms with Crippen molar-refractivity contribution in [3.63, 3.8) is 0 Å². The second-order valence-electron chi connectivity index (χ2n) is 6.75. The van der Waals surface area contributed by atoms with Crippen LogP contribution in [0.4, 0.5) is 4.79 Å². The smallest absolute Gasteiger partial charge is 0.325 e. The number of halogens is 1. The Labute approximate surface area is 172 Å². The average molecular weight is 422 g/mol. The zero-order chi connectivity index (χ0) is 20.3. The summed E-state index contributed by atoms with van der Waals surface area (Å²) in [5.41, 5.74) is 1.97. The highest BCUT2D eigenvalue weighted by Crippen LogP contribution is 2.31. The average Bonchev–Trinajstić information content (AvgIpc) is 3.18. The maximum atomic E-state index is 13.0. The third kappa shape index (κ3) is 4.04. The van der Waals surface area contributed by atoms with Gasteiger partial charge >= 0.3 is 6.03 Å². The van der Waals surface area contributed by atoms with Crippen LogP contribution in [0, 0.1) is 0 Å². The van der Waals surface area contributed by atoms with E-state index in [1.807, 2.05) is 44.3 Å². The lowest BCUT2D eigenvalue weighted by Crippen LogP contribution is -3.09. The number of quaternary nitrogens is 1. The van der Waals surface area contributed by atoms with Crippen molar-refractivity contribution in [3.05, 3.63) is 57.2 Å². The van der Waals surface area contributed by atoms with Crippen molar-refractivity contribution in [2.45, 2.75) is 25.4 Å². The Morgan fingerprint density at radius 3 is 2.57 bits per heavy atom. The van der Waals surface area contributed by atoms with Crippen molar-refractivity contribution in [1.29, 1.82) is 0 Å². The number of carbonyl (C=O) groups excluding carboxylic acids is 3. The molecule has 1 aromatic heterocycles. The van der Waals surface area contributed by atoms with E-state index in [4.69, 9.17) is 11.6 Å². The van der Waals surface area contributed by atoms with Gasteiger partial charge in [0.15, 0.2) is 6.54 Å². The molecule has 0 spiro atoms. The first-order valence-electron chi connectivity index (χ1n) is 8.93. The number of nitrogens with zero attached hydrogens (tertiary/aromatic N) is 1. The normalized spacial score (nSPS) is 20.2. The number of nitrogens with one attached hydrogen (secondary N) is 3. The van der Waals surface area contributed by atoms with E-state index in [1.54, 1.807) is 12.1 Å². The van der Waals surface area contributed by atoms with E-state index in [1.165, 1.54) is 11.3 Å². The van der Waals surface area contributed by atoms with Gasteiger partial charge in [0.2, 0.25) is 0 Å². The monoisotopic (exact) mass is 421 g/mol. The topological polar surface area (TPSA) is 83.0 Å². The molecular weight excluding hydrogens is 400 g/mol. The Morgan fingerprint density at radius 2 is 1.96 bits per heavy atom. The number of rotatable bonds is 7. The SMILES string of the molecule is CC[C@@]1(c2ccccc2)NC(=O)N(NC(=O)C[NH+](C)Cc2ccc(Cl)s2)C1=O. The Morgan fingerprint density at radius 1 is 1.25 bits per heavy atom. The fourth-order valence-electron chi connectivity index (χ4n) is 3.28. The minimum atomic E-state index is -1.17. The lowest BCUT2D eigenvalue weighted by Gasteiger charge is -2.25. The van der Waals surface area contributed by atoms with E-state index >= 15 is 0 Å². The van der Waals surface area contributed by atoms with Crippen molar-refractivity contribution in [2.75, 3.05) is 13.6 Å². The number of hydrazine groups is 1. The second kappa shape index (κ2) is 8.30. The van der Waals surface area contributed by atoms with Crippen molar-refractivity contribution in [3.8, 4) is 0 Å². The van der Waals surface area contributed by atoms with Gasteiger partial charge in [-0.1, -0.05) is 48.9 Å². The Balaban J connectivity index is 1.66. The molecule has 28 heavy (non-hydrogen) atoms. The quantitative estimate of drug-likeness (QED) is 0.589. The number of likely N-dealkylation sites (N-methyl/N-ethyl adjacent to an activating group) is 1. The first-order valence-corrected chi connectivity index (χ1v) is 10.1. The van der Waals surface area contributed by atoms with Crippen LogP contribution in [0.15, 0.2) is 42.5 Å². The zero-order valence-corrected chi connectivity index (χ0v) is 17.2. The summed E-state index contributed by atoms with van der Waals surface area (Å²) in [4.78, 5) is 39.8. The molecule has 1 saturated heterocycles. The van der Waals surface area contributed by atoms with Crippen molar-refractivity contribution >= 4 is 40.8 Å². The summed E-state index contributed by atoms with van der Waals surface area (Å²) in [5.74, 6) is -0.897. The predicted molar refractivity (Wildman–Crippen MR) is 107 cm³/mol. The van der Waals surface area contributed by atoms with E-state index in [-0.39, 0.29) is 6.54 Å². The zero-order valence-electron chi connectivity index (χ0n) is 15.6. The third-order valence-electron chi connectivity index (χ3n) is 4.69. The molecule has 148 valence electrons. The van der Waals surface area contributed by atoms with Crippen LogP contribution in [-0.2, 0) is 21.7 Å². The van der Waals surface area contributed by atoms with Crippen LogP contribution >= 0.6 is 22.9 Å². The molecule has 2 atom stereocenters. The molecule has 7 nitrogen and oxygen atoms in total. The summed E-state index contributed by atoms with van der Waals surface area (Å²) in [7, 11) is 1.86. The van der Waals surface area contributed by atoms with E-state index in [2.05, 4.69) is 10.7 Å². The first kappa shape index (κ1) is 20.3. The fourth-order valence-corrected chi connectivity index (χ4v) is 4.49. The number of hydrogen-bond acceptors (Lipinski definition) is 4. The predicted octanol–water partition coefficient (Wildman–Crippen LogP) is 1.30. The molecule has 3 N–H and O–H groups in total. The molecule has 0 saturated carbocycles. The van der Waals surface area contributed by atoms with Crippen molar-refractivity contribution in [1.82, 2.24) is 15.8 Å². The van der Waals surface area contributed by atoms with Crippen molar-refractivity contribution in [2.24, 2.45) is 0 Å². The molecule has 1 aromatic carbocycles. The van der Waals surface area contributed by atoms with Crippen LogP contribution < -0.4 is 15.6 Å². The number of urea groups is 1. The third-order valence-corrected chi connectivity index (χ3v) is 5.92. The summed E-state index contributed by atoms with van der Waals surface area (Å²) in [5, 5.41) is 3.52. The van der Waals surface area contributed by atoms with Crippen LogP contribution in [0.2, 0.25) is 4.34 Å². The van der Waals surface area contributed by atoms with Gasteiger partial charge in [-0.2, -0.15) is 5.01 Å². The summed E-state index contributed by atoms with van der Waals surface area (Å²) < 4.78 is 0.698. The minimum Gasteiger partial charge on any atom is -0.325 e. The standard InChI is InChI=1S/C19H21ClN4O3S/c1-3-19(13-7-5-4-6-8-13)17(26)24(18(27)21-19)22-16(25)12-23(2)11-14-9-10-15(20)28-14/h4-10H,3,11-12H2,1-2H3,(H,21,27)(H,22,25)/p+1/t19-/m0/s1. The molecule has 1 unspecified atom stereocenters. The molecule has 1 aliphatic heterocycles. The largest absolute Gasteiger partial charge is 0.344 e. The van der Waals surface area contributed by atoms with Gasteiger partial charge in [0, 0.05) is 0 Å². The number of thiophene rings is 1. The van der Waals surface area contributed by atoms with Crippen LogP contribution in [0.25, 0.3) is 0 Å². The summed E-state index contributed by atoms with van der Waals surface area (Å²) >= 11 is 7.39. The van der Waals surface area contributed by atoms with Gasteiger partial charge < -0.3 is 10.2 Å². The van der Waals surface area contributed by atoms with Gasteiger partial charge in [-0.15, -0.1) is 11.3 Å². The Kier molecular flexibility index (Phi) is 6.02. The molecule has 1 aliphatic rings. The molecule has 9 heteroatoms. The molecule has 4 amide bonds. The van der Waals surface area contributed by atoms with E-state index in [0.717, 1.165) is 14.8 Å². The first-order chi connectivity index (χ1) is 13.4. The highest BCUT2D eigenvalue weighted by molar-refractivity contribution is 7.16. The second-order valence-corrected chi connectivity index (χ2v) is 8.55. The number of imide groups is 1. The molecule has 1 fully saturated rings. The van der Waals surface area contributed by atoms with Gasteiger partial charge in [-0.3, -0.25) is 15.0 Å². The summed E-state index contributed by atoms with van der Waals surface area (Å²) in [6, 6.07) is 12.1. The molecular formula is C19H22ClN4O3S+. The number of carbonyl (C=O) groups is 3. The Bertz CT molecular complexity index is 888. The van der Waals surface area contributed by atoms with Gasteiger partial charge in [-0.05, 0) is 24.1 Å². The van der Waals surface area contributed by atoms with Crippen molar-refractivity contribution < 1.29 is 19.3 Å². The molecule has 2 aromatic rings. The maximum Gasteiger partial charge on any atom is 0.344 e. The lowest BCUT2D eigenvalue weighted by molar-refractivity contribution is -0.885. The lowest BCUT2D eigenvalue weighted by atomic mass is 9.87. The summed E-state index contributed by atoms with van der Waals surface area (Å²) in [6.07, 6.45) is 0.373. The molecule has 0 radical (unpaired) electrons. The number of hydrogen-bond donors (Lipinski definition) is 3. The molecule has 0 bridgehead atoms. The molecule has 3 rings (SSSR count). The van der Waals surface area contributed by atoms with Gasteiger partial charge in [-0.25, -0.2) is 4.79 Å². The number of amides is 4. The minimum absolute atomic E-state index is 0.108. The number of benzene rings is 1. The van der Waals surface area contributed by atoms with E-state index in [0.29, 0.717) is 22.9 Å².